The van der Waals surface area contributed by atoms with Gasteiger partial charge in [-0.2, -0.15) is 0 Å². The van der Waals surface area contributed by atoms with Crippen molar-refractivity contribution in [3.63, 3.8) is 0 Å². The van der Waals surface area contributed by atoms with Gasteiger partial charge in [0.15, 0.2) is 0 Å². The Morgan fingerprint density at radius 3 is 2.29 bits per heavy atom. The van der Waals surface area contributed by atoms with Gasteiger partial charge in [-0.1, -0.05) is 44.2 Å². The second-order valence-electron chi connectivity index (χ2n) is 4.15. The molecule has 0 aliphatic heterocycles. The van der Waals surface area contributed by atoms with Crippen LogP contribution in [0.4, 0.5) is 0 Å². The van der Waals surface area contributed by atoms with Crippen LogP contribution < -0.4 is 5.73 Å². The highest BCUT2D eigenvalue weighted by Gasteiger charge is 2.17. The van der Waals surface area contributed by atoms with Crippen molar-refractivity contribution in [2.45, 2.75) is 32.4 Å². The largest absolute Gasteiger partial charge is 0.387 e. The van der Waals surface area contributed by atoms with E-state index in [0.717, 1.165) is 12.0 Å². The zero-order valence-corrected chi connectivity index (χ0v) is 8.85. The quantitative estimate of drug-likeness (QED) is 0.769. The fraction of sp³-hybridized carbons (Fsp3) is 0.500. The number of hydrogen-bond acceptors (Lipinski definition) is 2. The van der Waals surface area contributed by atoms with Crippen molar-refractivity contribution >= 4 is 0 Å². The lowest BCUT2D eigenvalue weighted by molar-refractivity contribution is 0.136. The minimum absolute atomic E-state index is 0.169. The molecule has 1 aromatic rings. The summed E-state index contributed by atoms with van der Waals surface area (Å²) in [7, 11) is 0. The summed E-state index contributed by atoms with van der Waals surface area (Å²) in [5, 5.41) is 9.91. The predicted molar refractivity (Wildman–Crippen MR) is 58.8 cm³/mol. The third-order valence-corrected chi connectivity index (χ3v) is 2.29. The van der Waals surface area contributed by atoms with Crippen LogP contribution >= 0.6 is 0 Å². The molecule has 0 aliphatic carbocycles. The maximum Gasteiger partial charge on any atom is 0.0940 e. The van der Waals surface area contributed by atoms with E-state index in [2.05, 4.69) is 13.8 Å². The Kier molecular flexibility index (Phi) is 4.11. The first-order valence-corrected chi connectivity index (χ1v) is 5.10. The third-order valence-electron chi connectivity index (χ3n) is 2.29. The summed E-state index contributed by atoms with van der Waals surface area (Å²) >= 11 is 0. The predicted octanol–water partition coefficient (Wildman–Crippen LogP) is 2.09. The molecule has 0 heterocycles. The van der Waals surface area contributed by atoms with Crippen LogP contribution in [-0.2, 0) is 0 Å². The standard InChI is InChI=1S/C12H19NO/c1-9(2)8-11(13)12(14)10-6-4-3-5-7-10/h3-7,9,11-12,14H,8,13H2,1-2H3. The number of aliphatic hydroxyl groups is 1. The van der Waals surface area contributed by atoms with Crippen molar-refractivity contribution in [1.29, 1.82) is 0 Å². The molecule has 1 rings (SSSR count). The molecule has 2 heteroatoms. The van der Waals surface area contributed by atoms with Gasteiger partial charge in [0.25, 0.3) is 0 Å². The van der Waals surface area contributed by atoms with Crippen LogP contribution in [0.1, 0.15) is 31.9 Å². The molecule has 0 aromatic heterocycles. The van der Waals surface area contributed by atoms with Crippen molar-refractivity contribution in [3.05, 3.63) is 35.9 Å². The Morgan fingerprint density at radius 1 is 1.21 bits per heavy atom. The van der Waals surface area contributed by atoms with Crippen molar-refractivity contribution in [1.82, 2.24) is 0 Å². The first kappa shape index (κ1) is 11.2. The summed E-state index contributed by atoms with van der Waals surface area (Å²) < 4.78 is 0. The molecule has 0 saturated heterocycles. The number of aliphatic hydroxyl groups excluding tert-OH is 1. The zero-order chi connectivity index (χ0) is 10.6. The maximum absolute atomic E-state index is 9.91. The van der Waals surface area contributed by atoms with E-state index in [-0.39, 0.29) is 6.04 Å². The van der Waals surface area contributed by atoms with E-state index in [1.807, 2.05) is 30.3 Å². The topological polar surface area (TPSA) is 46.2 Å². The smallest absolute Gasteiger partial charge is 0.0940 e. The molecule has 0 spiro atoms. The van der Waals surface area contributed by atoms with E-state index >= 15 is 0 Å². The van der Waals surface area contributed by atoms with Crippen molar-refractivity contribution in [2.75, 3.05) is 0 Å². The van der Waals surface area contributed by atoms with Gasteiger partial charge in [-0.05, 0) is 17.9 Å². The Morgan fingerprint density at radius 2 is 1.79 bits per heavy atom. The SMILES string of the molecule is CC(C)CC(N)C(O)c1ccccc1. The Labute approximate surface area is 85.8 Å². The van der Waals surface area contributed by atoms with Gasteiger partial charge < -0.3 is 10.8 Å². The van der Waals surface area contributed by atoms with Crippen LogP contribution in [0, 0.1) is 5.92 Å². The van der Waals surface area contributed by atoms with Crippen LogP contribution in [0.5, 0.6) is 0 Å². The molecule has 2 atom stereocenters. The Balaban J connectivity index is 2.61. The van der Waals surface area contributed by atoms with Crippen molar-refractivity contribution in [2.24, 2.45) is 11.7 Å². The lowest BCUT2D eigenvalue weighted by Gasteiger charge is -2.20. The molecule has 0 aliphatic rings. The van der Waals surface area contributed by atoms with Crippen LogP contribution in [0.15, 0.2) is 30.3 Å². The van der Waals surface area contributed by atoms with Gasteiger partial charge in [-0.25, -0.2) is 0 Å². The van der Waals surface area contributed by atoms with Crippen molar-refractivity contribution < 1.29 is 5.11 Å². The Hall–Kier alpha value is -0.860. The van der Waals surface area contributed by atoms with Crippen LogP contribution in [0.3, 0.4) is 0 Å². The number of nitrogens with two attached hydrogens (primary N) is 1. The van der Waals surface area contributed by atoms with Crippen LogP contribution in [-0.4, -0.2) is 11.1 Å². The lowest BCUT2D eigenvalue weighted by Crippen LogP contribution is -2.29. The second-order valence-corrected chi connectivity index (χ2v) is 4.15. The average Bonchev–Trinajstić information content (AvgIpc) is 2.17. The van der Waals surface area contributed by atoms with E-state index in [1.54, 1.807) is 0 Å². The first-order chi connectivity index (χ1) is 6.61. The molecule has 3 N–H and O–H groups in total. The minimum atomic E-state index is -0.543. The van der Waals surface area contributed by atoms with Gasteiger partial charge in [0.2, 0.25) is 0 Å². The molecule has 2 unspecified atom stereocenters. The van der Waals surface area contributed by atoms with Gasteiger partial charge in [-0.3, -0.25) is 0 Å². The average molecular weight is 193 g/mol. The molecule has 1 aromatic carbocycles. The summed E-state index contributed by atoms with van der Waals surface area (Å²) in [5.74, 6) is 0.517. The summed E-state index contributed by atoms with van der Waals surface area (Å²) in [6.45, 7) is 4.22. The molecule has 0 radical (unpaired) electrons. The zero-order valence-electron chi connectivity index (χ0n) is 8.85. The summed E-state index contributed by atoms with van der Waals surface area (Å²) in [4.78, 5) is 0. The molecular weight excluding hydrogens is 174 g/mol. The van der Waals surface area contributed by atoms with Gasteiger partial charge in [-0.15, -0.1) is 0 Å². The summed E-state index contributed by atoms with van der Waals surface area (Å²) in [5.41, 5.74) is 6.80. The molecule has 0 bridgehead atoms. The van der Waals surface area contributed by atoms with Gasteiger partial charge in [0.1, 0.15) is 0 Å². The fourth-order valence-electron chi connectivity index (χ4n) is 1.57. The molecule has 2 nitrogen and oxygen atoms in total. The normalized spacial score (nSPS) is 15.5. The van der Waals surface area contributed by atoms with E-state index in [4.69, 9.17) is 5.73 Å². The fourth-order valence-corrected chi connectivity index (χ4v) is 1.57. The van der Waals surface area contributed by atoms with Crippen LogP contribution in [0.2, 0.25) is 0 Å². The minimum Gasteiger partial charge on any atom is -0.387 e. The summed E-state index contributed by atoms with van der Waals surface area (Å²) in [6.07, 6.45) is 0.300. The highest BCUT2D eigenvalue weighted by atomic mass is 16.3. The van der Waals surface area contributed by atoms with Gasteiger partial charge >= 0.3 is 0 Å². The van der Waals surface area contributed by atoms with Crippen molar-refractivity contribution in [3.8, 4) is 0 Å². The highest BCUT2D eigenvalue weighted by molar-refractivity contribution is 5.18. The molecule has 78 valence electrons. The maximum atomic E-state index is 9.91. The molecule has 0 saturated carbocycles. The van der Waals surface area contributed by atoms with E-state index in [1.165, 1.54) is 0 Å². The van der Waals surface area contributed by atoms with E-state index < -0.39 is 6.10 Å². The number of benzene rings is 1. The monoisotopic (exact) mass is 193 g/mol. The number of rotatable bonds is 4. The number of hydrogen-bond donors (Lipinski definition) is 2. The van der Waals surface area contributed by atoms with Crippen LogP contribution in [0.25, 0.3) is 0 Å². The second kappa shape index (κ2) is 5.13. The summed E-state index contributed by atoms with van der Waals surface area (Å²) in [6, 6.07) is 9.42. The Bertz CT molecular complexity index is 258. The first-order valence-electron chi connectivity index (χ1n) is 5.10. The van der Waals surface area contributed by atoms with Gasteiger partial charge in [0.05, 0.1) is 6.10 Å². The molecular formula is C12H19NO. The lowest BCUT2D eigenvalue weighted by atomic mass is 9.95. The molecule has 0 amide bonds. The highest BCUT2D eigenvalue weighted by Crippen LogP contribution is 2.19. The van der Waals surface area contributed by atoms with E-state index in [0.29, 0.717) is 5.92 Å². The third kappa shape index (κ3) is 3.13. The van der Waals surface area contributed by atoms with Gasteiger partial charge in [0, 0.05) is 6.04 Å². The van der Waals surface area contributed by atoms with E-state index in [9.17, 15) is 5.11 Å². The molecule has 14 heavy (non-hydrogen) atoms. The molecule has 0 fully saturated rings.